The second kappa shape index (κ2) is 13.0. The van der Waals surface area contributed by atoms with Gasteiger partial charge in [-0.15, -0.1) is 0 Å². The van der Waals surface area contributed by atoms with Crippen molar-refractivity contribution < 1.29 is 18.7 Å². The summed E-state index contributed by atoms with van der Waals surface area (Å²) in [5.41, 5.74) is 1.06. The van der Waals surface area contributed by atoms with Crippen molar-refractivity contribution in [3.8, 4) is 11.5 Å². The number of aryl methyl sites for hydroxylation is 1. The van der Waals surface area contributed by atoms with E-state index in [1.54, 1.807) is 30.3 Å². The lowest BCUT2D eigenvalue weighted by atomic mass is 10.2. The molecule has 202 valence electrons. The zero-order valence-corrected chi connectivity index (χ0v) is 24.4. The third-order valence-corrected chi connectivity index (χ3v) is 6.62. The molecule has 0 saturated heterocycles. The maximum atomic E-state index is 13.5. The van der Waals surface area contributed by atoms with Crippen LogP contribution in [0.5, 0.6) is 11.5 Å². The summed E-state index contributed by atoms with van der Waals surface area (Å²) in [6, 6.07) is 14.3. The molecular weight excluding hydrogens is 635 g/mol. The molecule has 3 aromatic carbocycles. The van der Waals surface area contributed by atoms with Gasteiger partial charge in [-0.2, -0.15) is 9.78 Å². The van der Waals surface area contributed by atoms with Crippen LogP contribution in [0.25, 0.3) is 10.9 Å². The largest absolute Gasteiger partial charge is 0.493 e. The molecule has 0 radical (unpaired) electrons. The van der Waals surface area contributed by atoms with Gasteiger partial charge in [0.25, 0.3) is 11.5 Å². The number of ether oxygens (including phenoxy) is 2. The Kier molecular flexibility index (Phi) is 9.47. The Morgan fingerprint density at radius 1 is 1.15 bits per heavy atom. The van der Waals surface area contributed by atoms with Gasteiger partial charge < -0.3 is 14.8 Å². The first-order valence-electron chi connectivity index (χ1n) is 12.1. The summed E-state index contributed by atoms with van der Waals surface area (Å²) >= 11 is 6.86. The van der Waals surface area contributed by atoms with Crippen LogP contribution in [-0.4, -0.2) is 35.5 Å². The molecule has 4 aromatic rings. The van der Waals surface area contributed by atoms with Crippen LogP contribution in [0.4, 0.5) is 10.1 Å². The quantitative estimate of drug-likeness (QED) is 0.201. The lowest BCUT2D eigenvalue weighted by molar-refractivity contribution is -0.118. The van der Waals surface area contributed by atoms with Gasteiger partial charge in [0.15, 0.2) is 18.1 Å². The maximum Gasteiger partial charge on any atom is 0.282 e. The molecule has 0 fully saturated rings. The number of methoxy groups -OCH3 is 1. The van der Waals surface area contributed by atoms with E-state index in [0.717, 1.165) is 17.3 Å². The number of nitrogens with one attached hydrogen (secondary N) is 1. The van der Waals surface area contributed by atoms with Gasteiger partial charge in [0.1, 0.15) is 11.6 Å². The van der Waals surface area contributed by atoms with Crippen LogP contribution in [0.15, 0.2) is 73.4 Å². The van der Waals surface area contributed by atoms with Gasteiger partial charge in [-0.25, -0.2) is 9.37 Å². The number of anilines is 1. The van der Waals surface area contributed by atoms with E-state index < -0.39 is 11.7 Å². The fourth-order valence-corrected chi connectivity index (χ4v) is 4.64. The highest BCUT2D eigenvalue weighted by molar-refractivity contribution is 9.10. The van der Waals surface area contributed by atoms with Crippen molar-refractivity contribution in [2.24, 2.45) is 5.10 Å². The van der Waals surface area contributed by atoms with Crippen molar-refractivity contribution in [1.82, 2.24) is 9.66 Å². The molecular formula is C28H25Br2FN4O4. The van der Waals surface area contributed by atoms with E-state index in [4.69, 9.17) is 9.47 Å². The van der Waals surface area contributed by atoms with Crippen molar-refractivity contribution >= 4 is 60.6 Å². The fraction of sp³-hybridized carbons (Fsp3) is 0.214. The highest BCUT2D eigenvalue weighted by Crippen LogP contribution is 2.34. The Balaban J connectivity index is 1.68. The first-order chi connectivity index (χ1) is 18.8. The van der Waals surface area contributed by atoms with Crippen molar-refractivity contribution in [2.75, 3.05) is 19.0 Å². The molecule has 1 amide bonds. The molecule has 0 unspecified atom stereocenters. The molecule has 8 nitrogen and oxygen atoms in total. The lowest BCUT2D eigenvalue weighted by Gasteiger charge is -2.14. The topological polar surface area (TPSA) is 94.8 Å². The summed E-state index contributed by atoms with van der Waals surface area (Å²) in [4.78, 5) is 30.6. The number of amides is 1. The number of hydrogen-bond donors (Lipinski definition) is 1. The van der Waals surface area contributed by atoms with Gasteiger partial charge in [-0.05, 0) is 55.0 Å². The van der Waals surface area contributed by atoms with Crippen molar-refractivity contribution in [3.63, 3.8) is 0 Å². The van der Waals surface area contributed by atoms with E-state index >= 15 is 0 Å². The molecule has 0 atom stereocenters. The van der Waals surface area contributed by atoms with Gasteiger partial charge >= 0.3 is 0 Å². The minimum Gasteiger partial charge on any atom is -0.493 e. The van der Waals surface area contributed by atoms with Crippen LogP contribution in [0.2, 0.25) is 0 Å². The third kappa shape index (κ3) is 7.10. The summed E-state index contributed by atoms with van der Waals surface area (Å²) < 4.78 is 27.5. The zero-order valence-electron chi connectivity index (χ0n) is 21.2. The summed E-state index contributed by atoms with van der Waals surface area (Å²) in [5, 5.41) is 7.51. The van der Waals surface area contributed by atoms with Crippen LogP contribution in [0.1, 0.15) is 31.2 Å². The third-order valence-electron chi connectivity index (χ3n) is 5.67. The average molecular weight is 660 g/mol. The molecule has 39 heavy (non-hydrogen) atoms. The molecule has 0 aliphatic carbocycles. The highest BCUT2D eigenvalue weighted by Gasteiger charge is 2.16. The smallest absolute Gasteiger partial charge is 0.282 e. The summed E-state index contributed by atoms with van der Waals surface area (Å²) in [7, 11) is 1.47. The van der Waals surface area contributed by atoms with Crippen LogP contribution in [-0.2, 0) is 11.2 Å². The number of fused-ring (bicyclic) bond motifs is 1. The molecule has 11 heteroatoms. The minimum atomic E-state index is -0.490. The van der Waals surface area contributed by atoms with Gasteiger partial charge in [-0.1, -0.05) is 51.3 Å². The number of carbonyl (C=O) groups excluding carboxylic acids is 1. The van der Waals surface area contributed by atoms with Gasteiger partial charge in [0.2, 0.25) is 0 Å². The zero-order chi connectivity index (χ0) is 27.9. The van der Waals surface area contributed by atoms with Crippen LogP contribution < -0.4 is 20.3 Å². The molecule has 1 heterocycles. The number of unbranched alkanes of at least 4 members (excludes halogenated alkanes) is 1. The molecule has 1 aromatic heterocycles. The SMILES string of the molecule is CCCCc1nc2ccc(Br)cc2c(=O)n1N=Cc1cc(Br)cc(OC)c1OCC(=O)Nc1cccc(F)c1. The minimum absolute atomic E-state index is 0.249. The maximum absolute atomic E-state index is 13.5. The first kappa shape index (κ1) is 28.4. The fourth-order valence-electron chi connectivity index (χ4n) is 3.82. The van der Waals surface area contributed by atoms with Crippen LogP contribution >= 0.6 is 31.9 Å². The van der Waals surface area contributed by atoms with Crippen molar-refractivity contribution in [1.29, 1.82) is 0 Å². The van der Waals surface area contributed by atoms with E-state index in [9.17, 15) is 14.0 Å². The number of hydrogen-bond acceptors (Lipinski definition) is 6. The Hall–Kier alpha value is -3.57. The van der Waals surface area contributed by atoms with Crippen molar-refractivity contribution in [3.05, 3.63) is 91.1 Å². The summed E-state index contributed by atoms with van der Waals surface area (Å²) in [5.74, 6) is 0.176. The predicted octanol–water partition coefficient (Wildman–Crippen LogP) is 6.31. The number of rotatable bonds is 10. The Morgan fingerprint density at radius 2 is 1.97 bits per heavy atom. The summed E-state index contributed by atoms with van der Waals surface area (Å²) in [6.45, 7) is 1.69. The summed E-state index contributed by atoms with van der Waals surface area (Å²) in [6.07, 6.45) is 3.80. The predicted molar refractivity (Wildman–Crippen MR) is 157 cm³/mol. The molecule has 0 spiro atoms. The van der Waals surface area contributed by atoms with Gasteiger partial charge in [0, 0.05) is 26.6 Å². The van der Waals surface area contributed by atoms with Crippen LogP contribution in [0.3, 0.4) is 0 Å². The number of aromatic nitrogens is 2. The second-order valence-electron chi connectivity index (χ2n) is 8.53. The molecule has 0 saturated carbocycles. The van der Waals surface area contributed by atoms with E-state index in [-0.39, 0.29) is 17.9 Å². The van der Waals surface area contributed by atoms with Crippen LogP contribution in [0, 0.1) is 5.82 Å². The van der Waals surface area contributed by atoms with Gasteiger partial charge in [0.05, 0.1) is 24.2 Å². The molecule has 0 aliphatic heterocycles. The second-order valence-corrected chi connectivity index (χ2v) is 10.4. The lowest BCUT2D eigenvalue weighted by Crippen LogP contribution is -2.23. The molecule has 4 rings (SSSR count). The number of benzene rings is 3. The number of nitrogens with zero attached hydrogens (tertiary/aromatic N) is 3. The van der Waals surface area contributed by atoms with Crippen molar-refractivity contribution in [2.45, 2.75) is 26.2 Å². The van der Waals surface area contributed by atoms with E-state index in [0.29, 0.717) is 44.6 Å². The molecule has 0 bridgehead atoms. The van der Waals surface area contributed by atoms with E-state index in [1.807, 2.05) is 6.07 Å². The Morgan fingerprint density at radius 3 is 2.72 bits per heavy atom. The highest BCUT2D eigenvalue weighted by atomic mass is 79.9. The van der Waals surface area contributed by atoms with E-state index in [2.05, 4.69) is 54.2 Å². The first-order valence-corrected chi connectivity index (χ1v) is 13.7. The van der Waals surface area contributed by atoms with E-state index in [1.165, 1.54) is 36.2 Å². The van der Waals surface area contributed by atoms with Gasteiger partial charge in [-0.3, -0.25) is 9.59 Å². The monoisotopic (exact) mass is 658 g/mol. The number of halogens is 3. The molecule has 0 aliphatic rings. The normalized spacial score (nSPS) is 11.2. The molecule has 1 N–H and O–H groups in total. The average Bonchev–Trinajstić information content (AvgIpc) is 2.91. The standard InChI is InChI=1S/C28H25Br2FN4O4/c1-3-4-8-25-34-23-10-9-18(29)12-22(23)28(37)35(25)32-15-17-11-19(30)13-24(38-2)27(17)39-16-26(36)33-21-7-5-6-20(31)14-21/h5-7,9-15H,3-4,8,16H2,1-2H3,(H,33,36). The Labute approximate surface area is 241 Å². The Bertz CT molecular complexity index is 1610. The number of carbonyl (C=O) groups is 1.